The summed E-state index contributed by atoms with van der Waals surface area (Å²) in [7, 11) is 0. The lowest BCUT2D eigenvalue weighted by atomic mass is 10.0. The van der Waals surface area contributed by atoms with Gasteiger partial charge in [-0.1, -0.05) is 12.1 Å². The van der Waals surface area contributed by atoms with E-state index in [2.05, 4.69) is 9.64 Å². The van der Waals surface area contributed by atoms with Crippen LogP contribution in [0.15, 0.2) is 24.3 Å². The predicted octanol–water partition coefficient (Wildman–Crippen LogP) is 2.93. The van der Waals surface area contributed by atoms with Crippen molar-refractivity contribution < 1.29 is 32.2 Å². The van der Waals surface area contributed by atoms with E-state index in [1.54, 1.807) is 11.0 Å². The van der Waals surface area contributed by atoms with Gasteiger partial charge in [-0.15, -0.1) is 13.2 Å². The zero-order valence-electron chi connectivity index (χ0n) is 16.3. The fourth-order valence-electron chi connectivity index (χ4n) is 3.75. The lowest BCUT2D eigenvalue weighted by Gasteiger charge is -2.35. The average Bonchev–Trinajstić information content (AvgIpc) is 2.71. The van der Waals surface area contributed by atoms with Crippen LogP contribution in [0.25, 0.3) is 0 Å². The second kappa shape index (κ2) is 10.3. The SMILES string of the molecule is O=C(c1ccccc1OC(F)(F)F)N(CCCN1CCOCC1)C1CCOCC1. The monoisotopic (exact) mass is 416 g/mol. The Balaban J connectivity index is 1.72. The summed E-state index contributed by atoms with van der Waals surface area (Å²) in [5, 5.41) is 0. The minimum Gasteiger partial charge on any atom is -0.405 e. The topological polar surface area (TPSA) is 51.2 Å². The Morgan fingerprint density at radius 1 is 1.10 bits per heavy atom. The molecular formula is C20H27F3N2O4. The number of carbonyl (C=O) groups excluding carboxylic acids is 1. The van der Waals surface area contributed by atoms with Crippen molar-refractivity contribution in [2.24, 2.45) is 0 Å². The zero-order chi connectivity index (χ0) is 20.7. The van der Waals surface area contributed by atoms with Crippen molar-refractivity contribution >= 4 is 5.91 Å². The van der Waals surface area contributed by atoms with Crippen molar-refractivity contribution in [2.75, 3.05) is 52.6 Å². The van der Waals surface area contributed by atoms with Gasteiger partial charge in [0.15, 0.2) is 0 Å². The van der Waals surface area contributed by atoms with Crippen LogP contribution in [0.5, 0.6) is 5.75 Å². The van der Waals surface area contributed by atoms with Crippen LogP contribution in [-0.2, 0) is 9.47 Å². The maximum atomic E-state index is 13.2. The Morgan fingerprint density at radius 2 is 1.76 bits per heavy atom. The molecule has 0 spiro atoms. The van der Waals surface area contributed by atoms with Crippen molar-refractivity contribution in [1.29, 1.82) is 0 Å². The lowest BCUT2D eigenvalue weighted by Crippen LogP contribution is -2.45. The molecule has 0 aromatic heterocycles. The Kier molecular flexibility index (Phi) is 7.74. The summed E-state index contributed by atoms with van der Waals surface area (Å²) in [6.07, 6.45) is -2.77. The van der Waals surface area contributed by atoms with E-state index in [1.807, 2.05) is 0 Å². The largest absolute Gasteiger partial charge is 0.573 e. The first-order chi connectivity index (χ1) is 13.9. The van der Waals surface area contributed by atoms with Gasteiger partial charge in [-0.2, -0.15) is 0 Å². The molecule has 29 heavy (non-hydrogen) atoms. The molecule has 0 bridgehead atoms. The molecule has 3 rings (SSSR count). The van der Waals surface area contributed by atoms with Crippen LogP contribution < -0.4 is 4.74 Å². The Labute approximate surface area is 168 Å². The molecule has 0 aliphatic carbocycles. The van der Waals surface area contributed by atoms with E-state index >= 15 is 0 Å². The highest BCUT2D eigenvalue weighted by molar-refractivity contribution is 5.97. The molecule has 6 nitrogen and oxygen atoms in total. The fraction of sp³-hybridized carbons (Fsp3) is 0.650. The average molecular weight is 416 g/mol. The number of amides is 1. The molecule has 2 heterocycles. The number of halogens is 3. The molecule has 0 saturated carbocycles. The van der Waals surface area contributed by atoms with E-state index in [-0.39, 0.29) is 11.6 Å². The van der Waals surface area contributed by atoms with E-state index in [9.17, 15) is 18.0 Å². The summed E-state index contributed by atoms with van der Waals surface area (Å²) in [5.74, 6) is -0.894. The molecule has 0 N–H and O–H groups in total. The smallest absolute Gasteiger partial charge is 0.405 e. The van der Waals surface area contributed by atoms with Crippen molar-refractivity contribution in [3.63, 3.8) is 0 Å². The molecule has 0 radical (unpaired) electrons. The molecule has 1 amide bonds. The number of alkyl halides is 3. The molecule has 2 aliphatic rings. The van der Waals surface area contributed by atoms with Gasteiger partial charge < -0.3 is 19.1 Å². The minimum absolute atomic E-state index is 0.0557. The van der Waals surface area contributed by atoms with Gasteiger partial charge in [-0.25, -0.2) is 0 Å². The number of carbonyl (C=O) groups is 1. The minimum atomic E-state index is -4.85. The van der Waals surface area contributed by atoms with Gasteiger partial charge in [0.25, 0.3) is 5.91 Å². The van der Waals surface area contributed by atoms with Gasteiger partial charge in [0, 0.05) is 45.4 Å². The quantitative estimate of drug-likeness (QED) is 0.684. The van der Waals surface area contributed by atoms with Crippen LogP contribution in [0.1, 0.15) is 29.6 Å². The number of hydrogen-bond acceptors (Lipinski definition) is 5. The van der Waals surface area contributed by atoms with Crippen molar-refractivity contribution in [1.82, 2.24) is 9.80 Å². The fourth-order valence-corrected chi connectivity index (χ4v) is 3.75. The molecule has 2 saturated heterocycles. The number of benzene rings is 1. The van der Waals surface area contributed by atoms with Crippen LogP contribution in [0, 0.1) is 0 Å². The van der Waals surface area contributed by atoms with Gasteiger partial charge in [0.2, 0.25) is 0 Å². The number of rotatable bonds is 7. The first-order valence-corrected chi connectivity index (χ1v) is 9.97. The third-order valence-corrected chi connectivity index (χ3v) is 5.21. The van der Waals surface area contributed by atoms with Crippen LogP contribution in [0.4, 0.5) is 13.2 Å². The molecule has 1 aromatic carbocycles. The van der Waals surface area contributed by atoms with E-state index < -0.39 is 18.0 Å². The molecule has 2 fully saturated rings. The number of nitrogens with zero attached hydrogens (tertiary/aromatic N) is 2. The normalized spacial score (nSPS) is 19.1. The summed E-state index contributed by atoms with van der Waals surface area (Å²) >= 11 is 0. The van der Waals surface area contributed by atoms with Crippen molar-refractivity contribution in [3.8, 4) is 5.75 Å². The highest BCUT2D eigenvalue weighted by atomic mass is 19.4. The first kappa shape index (κ1) is 21.9. The van der Waals surface area contributed by atoms with E-state index in [0.717, 1.165) is 26.1 Å². The third kappa shape index (κ3) is 6.58. The summed E-state index contributed by atoms with van der Waals surface area (Å²) in [5.41, 5.74) is -0.0670. The predicted molar refractivity (Wildman–Crippen MR) is 99.9 cm³/mol. The van der Waals surface area contributed by atoms with Crippen molar-refractivity contribution in [2.45, 2.75) is 31.7 Å². The van der Waals surface area contributed by atoms with Crippen LogP contribution >= 0.6 is 0 Å². The summed E-state index contributed by atoms with van der Waals surface area (Å²) in [6, 6.07) is 5.48. The molecule has 1 aromatic rings. The van der Waals surface area contributed by atoms with Gasteiger partial charge in [0.05, 0.1) is 18.8 Å². The summed E-state index contributed by atoms with van der Waals surface area (Å²) in [6.45, 7) is 5.48. The molecule has 0 atom stereocenters. The first-order valence-electron chi connectivity index (χ1n) is 9.97. The number of morpholine rings is 1. The number of ether oxygens (including phenoxy) is 3. The van der Waals surface area contributed by atoms with Gasteiger partial charge in [-0.05, 0) is 31.4 Å². The second-order valence-corrected chi connectivity index (χ2v) is 7.19. The van der Waals surface area contributed by atoms with Gasteiger partial charge >= 0.3 is 6.36 Å². The Bertz CT molecular complexity index is 659. The highest BCUT2D eigenvalue weighted by Crippen LogP contribution is 2.28. The molecule has 2 aliphatic heterocycles. The van der Waals surface area contributed by atoms with E-state index in [4.69, 9.17) is 9.47 Å². The van der Waals surface area contributed by atoms with Gasteiger partial charge in [0.1, 0.15) is 5.75 Å². The number of hydrogen-bond donors (Lipinski definition) is 0. The zero-order valence-corrected chi connectivity index (χ0v) is 16.3. The van der Waals surface area contributed by atoms with E-state index in [1.165, 1.54) is 18.2 Å². The maximum absolute atomic E-state index is 13.2. The Morgan fingerprint density at radius 3 is 2.45 bits per heavy atom. The van der Waals surface area contributed by atoms with Crippen LogP contribution in [-0.4, -0.2) is 80.7 Å². The molecule has 0 unspecified atom stereocenters. The highest BCUT2D eigenvalue weighted by Gasteiger charge is 2.34. The number of para-hydroxylation sites is 1. The molecular weight excluding hydrogens is 389 g/mol. The van der Waals surface area contributed by atoms with Gasteiger partial charge in [-0.3, -0.25) is 9.69 Å². The Hall–Kier alpha value is -1.84. The molecule has 9 heteroatoms. The standard InChI is InChI=1S/C20H27F3N2O4/c21-20(22,23)29-18-5-2-1-4-17(18)19(26)25(16-6-12-27-13-7-16)9-3-8-24-10-14-28-15-11-24/h1-2,4-5,16H,3,6-15H2. The van der Waals surface area contributed by atoms with Crippen molar-refractivity contribution in [3.05, 3.63) is 29.8 Å². The third-order valence-electron chi connectivity index (χ3n) is 5.21. The van der Waals surface area contributed by atoms with Crippen LogP contribution in [0.2, 0.25) is 0 Å². The molecule has 162 valence electrons. The maximum Gasteiger partial charge on any atom is 0.573 e. The summed E-state index contributed by atoms with van der Waals surface area (Å²) < 4.78 is 53.1. The van der Waals surface area contributed by atoms with E-state index in [0.29, 0.717) is 45.8 Å². The summed E-state index contributed by atoms with van der Waals surface area (Å²) in [4.78, 5) is 17.2. The second-order valence-electron chi connectivity index (χ2n) is 7.19. The lowest BCUT2D eigenvalue weighted by molar-refractivity contribution is -0.274. The van der Waals surface area contributed by atoms with Crippen LogP contribution in [0.3, 0.4) is 0 Å².